The highest BCUT2D eigenvalue weighted by atomic mass is 16.6. The summed E-state index contributed by atoms with van der Waals surface area (Å²) in [6.07, 6.45) is 1.57. The van der Waals surface area contributed by atoms with Gasteiger partial charge in [0.1, 0.15) is 17.1 Å². The maximum atomic E-state index is 11.5. The van der Waals surface area contributed by atoms with Crippen molar-refractivity contribution in [2.45, 2.75) is 13.8 Å². The zero-order chi connectivity index (χ0) is 24.6. The molecule has 0 bridgehead atoms. The predicted molar refractivity (Wildman–Crippen MR) is 125 cm³/mol. The number of phenols is 1. The SMILES string of the molecule is Cc1ccc(O)c(/C(=N\Nc2ccc([N+](=O)[O-])cc2[N+](=O)[O-])c2cnc3c(c2)c(C)nn3C)c1. The fraction of sp³-hybridized carbons (Fsp3) is 0.136. The van der Waals surface area contributed by atoms with Gasteiger partial charge in [-0.05, 0) is 38.1 Å². The molecule has 0 aliphatic heterocycles. The monoisotopic (exact) mass is 461 g/mol. The van der Waals surface area contributed by atoms with Crippen molar-refractivity contribution >= 4 is 33.8 Å². The number of hydrogen-bond donors (Lipinski definition) is 2. The summed E-state index contributed by atoms with van der Waals surface area (Å²) in [5, 5.41) is 42.6. The Morgan fingerprint density at radius 2 is 1.85 bits per heavy atom. The van der Waals surface area contributed by atoms with Crippen LogP contribution in [0.1, 0.15) is 22.4 Å². The van der Waals surface area contributed by atoms with E-state index in [-0.39, 0.29) is 17.1 Å². The van der Waals surface area contributed by atoms with Crippen molar-refractivity contribution in [2.24, 2.45) is 12.1 Å². The number of anilines is 1. The van der Waals surface area contributed by atoms with Gasteiger partial charge in [0.25, 0.3) is 5.69 Å². The molecule has 0 unspecified atom stereocenters. The third-order valence-electron chi connectivity index (χ3n) is 5.22. The molecule has 0 spiro atoms. The van der Waals surface area contributed by atoms with Crippen molar-refractivity contribution in [3.8, 4) is 5.75 Å². The van der Waals surface area contributed by atoms with Gasteiger partial charge in [-0.3, -0.25) is 30.3 Å². The maximum absolute atomic E-state index is 11.5. The number of non-ortho nitro benzene ring substituents is 1. The summed E-state index contributed by atoms with van der Waals surface area (Å²) < 4.78 is 1.65. The van der Waals surface area contributed by atoms with Crippen LogP contribution in [0, 0.1) is 34.1 Å². The third-order valence-corrected chi connectivity index (χ3v) is 5.22. The van der Waals surface area contributed by atoms with Crippen molar-refractivity contribution in [3.05, 3.63) is 91.3 Å². The Morgan fingerprint density at radius 3 is 2.56 bits per heavy atom. The largest absolute Gasteiger partial charge is 0.507 e. The molecule has 4 rings (SSSR count). The fourth-order valence-corrected chi connectivity index (χ4v) is 3.55. The molecule has 2 N–H and O–H groups in total. The molecule has 12 heteroatoms. The number of benzene rings is 2. The maximum Gasteiger partial charge on any atom is 0.301 e. The first-order valence-corrected chi connectivity index (χ1v) is 10.0. The molecule has 172 valence electrons. The Hall–Kier alpha value is -4.87. The number of nitrogens with one attached hydrogen (secondary N) is 1. The number of nitro groups is 2. The molecule has 0 amide bonds. The first-order chi connectivity index (χ1) is 16.2. The zero-order valence-corrected chi connectivity index (χ0v) is 18.4. The normalized spacial score (nSPS) is 11.6. The van der Waals surface area contributed by atoms with Crippen LogP contribution in [0.15, 0.2) is 53.8 Å². The molecule has 2 heterocycles. The summed E-state index contributed by atoms with van der Waals surface area (Å²) in [6.45, 7) is 3.69. The summed E-state index contributed by atoms with van der Waals surface area (Å²) in [5.74, 6) is -0.0487. The van der Waals surface area contributed by atoms with Crippen LogP contribution in [0.25, 0.3) is 11.0 Å². The number of nitrogens with zero attached hydrogens (tertiary/aromatic N) is 6. The second-order valence-electron chi connectivity index (χ2n) is 7.61. The van der Waals surface area contributed by atoms with Gasteiger partial charge in [-0.15, -0.1) is 0 Å². The van der Waals surface area contributed by atoms with E-state index in [1.807, 2.05) is 19.9 Å². The Kier molecular flexibility index (Phi) is 5.63. The summed E-state index contributed by atoms with van der Waals surface area (Å²) in [7, 11) is 1.78. The van der Waals surface area contributed by atoms with Crippen LogP contribution in [-0.4, -0.2) is 35.4 Å². The second kappa shape index (κ2) is 8.58. The van der Waals surface area contributed by atoms with Crippen molar-refractivity contribution in [1.82, 2.24) is 14.8 Å². The average molecular weight is 461 g/mol. The van der Waals surface area contributed by atoms with E-state index in [0.29, 0.717) is 16.8 Å². The molecule has 0 atom stereocenters. The smallest absolute Gasteiger partial charge is 0.301 e. The van der Waals surface area contributed by atoms with E-state index < -0.39 is 21.2 Å². The van der Waals surface area contributed by atoms with E-state index in [2.05, 4.69) is 20.6 Å². The van der Waals surface area contributed by atoms with Gasteiger partial charge in [0.2, 0.25) is 0 Å². The minimum atomic E-state index is -0.735. The minimum Gasteiger partial charge on any atom is -0.507 e. The van der Waals surface area contributed by atoms with Crippen LogP contribution in [0.5, 0.6) is 5.75 Å². The van der Waals surface area contributed by atoms with Gasteiger partial charge in [0.05, 0.1) is 21.6 Å². The molecule has 0 saturated heterocycles. The van der Waals surface area contributed by atoms with E-state index in [9.17, 15) is 25.3 Å². The number of aromatic nitrogens is 3. The van der Waals surface area contributed by atoms with Gasteiger partial charge in [-0.1, -0.05) is 11.6 Å². The van der Waals surface area contributed by atoms with Crippen molar-refractivity contribution < 1.29 is 15.0 Å². The Morgan fingerprint density at radius 1 is 1.09 bits per heavy atom. The number of fused-ring (bicyclic) bond motifs is 1. The Balaban J connectivity index is 1.88. The quantitative estimate of drug-likeness (QED) is 0.247. The molecule has 0 aliphatic rings. The van der Waals surface area contributed by atoms with Gasteiger partial charge >= 0.3 is 5.69 Å². The first kappa shape index (κ1) is 22.3. The molecule has 0 aliphatic carbocycles. The third kappa shape index (κ3) is 4.11. The number of nitro benzene ring substituents is 2. The summed E-state index contributed by atoms with van der Waals surface area (Å²) >= 11 is 0. The Labute approximate surface area is 192 Å². The first-order valence-electron chi connectivity index (χ1n) is 10.0. The van der Waals surface area contributed by atoms with E-state index in [1.54, 1.807) is 30.1 Å². The van der Waals surface area contributed by atoms with E-state index in [1.165, 1.54) is 12.1 Å². The van der Waals surface area contributed by atoms with E-state index in [4.69, 9.17) is 0 Å². The van der Waals surface area contributed by atoms with Crippen LogP contribution >= 0.6 is 0 Å². The molecule has 0 fully saturated rings. The highest BCUT2D eigenvalue weighted by molar-refractivity contribution is 6.15. The molecular formula is C22H19N7O5. The number of rotatable bonds is 6. The minimum absolute atomic E-state index is 0.0487. The van der Waals surface area contributed by atoms with E-state index >= 15 is 0 Å². The highest BCUT2D eigenvalue weighted by Gasteiger charge is 2.21. The van der Waals surface area contributed by atoms with E-state index in [0.717, 1.165) is 28.8 Å². The number of hydrazone groups is 1. The van der Waals surface area contributed by atoms with Crippen molar-refractivity contribution in [2.75, 3.05) is 5.43 Å². The van der Waals surface area contributed by atoms with Crippen LogP contribution < -0.4 is 5.43 Å². The lowest BCUT2D eigenvalue weighted by molar-refractivity contribution is -0.393. The number of phenolic OH excluding ortho intramolecular Hbond substituents is 1. The molecule has 12 nitrogen and oxygen atoms in total. The lowest BCUT2D eigenvalue weighted by atomic mass is 10.00. The van der Waals surface area contributed by atoms with Gasteiger partial charge in [-0.2, -0.15) is 10.2 Å². The van der Waals surface area contributed by atoms with Gasteiger partial charge in [0.15, 0.2) is 5.65 Å². The molecule has 2 aromatic heterocycles. The fourth-order valence-electron chi connectivity index (χ4n) is 3.55. The number of pyridine rings is 1. The molecule has 2 aromatic carbocycles. The topological polar surface area (TPSA) is 162 Å². The Bertz CT molecular complexity index is 1490. The zero-order valence-electron chi connectivity index (χ0n) is 18.4. The predicted octanol–water partition coefficient (Wildman–Crippen LogP) is 3.97. The summed E-state index contributed by atoms with van der Waals surface area (Å²) in [5.41, 5.74) is 5.10. The number of aryl methyl sites for hydroxylation is 3. The van der Waals surface area contributed by atoms with Crippen LogP contribution in [0.4, 0.5) is 17.1 Å². The summed E-state index contributed by atoms with van der Waals surface area (Å²) in [4.78, 5) is 25.5. The highest BCUT2D eigenvalue weighted by Crippen LogP contribution is 2.30. The van der Waals surface area contributed by atoms with Gasteiger partial charge in [0, 0.05) is 35.8 Å². The molecule has 34 heavy (non-hydrogen) atoms. The average Bonchev–Trinajstić information content (AvgIpc) is 3.09. The van der Waals surface area contributed by atoms with Crippen molar-refractivity contribution in [3.63, 3.8) is 0 Å². The van der Waals surface area contributed by atoms with Crippen molar-refractivity contribution in [1.29, 1.82) is 0 Å². The van der Waals surface area contributed by atoms with Gasteiger partial charge < -0.3 is 5.11 Å². The standard InChI is InChI=1S/C22H19N7O5/c1-12-4-7-20(30)17(8-12)21(14-9-16-13(2)26-27(3)22(16)23-11-14)25-24-18-6-5-15(28(31)32)10-19(18)29(33)34/h4-11,24,30H,1-3H3/b25-21-. The van der Waals surface area contributed by atoms with Crippen LogP contribution in [0.3, 0.4) is 0 Å². The summed E-state index contributed by atoms with van der Waals surface area (Å²) in [6, 6.07) is 10.0. The lowest BCUT2D eigenvalue weighted by Gasteiger charge is -2.11. The lowest BCUT2D eigenvalue weighted by Crippen LogP contribution is -2.09. The molecule has 0 radical (unpaired) electrons. The number of hydrogen-bond acceptors (Lipinski definition) is 9. The molecule has 0 saturated carbocycles. The molecule has 4 aromatic rings. The van der Waals surface area contributed by atoms with Gasteiger partial charge in [-0.25, -0.2) is 4.98 Å². The molecular weight excluding hydrogens is 442 g/mol. The van der Waals surface area contributed by atoms with Crippen LogP contribution in [0.2, 0.25) is 0 Å². The second-order valence-corrected chi connectivity index (χ2v) is 7.61. The van der Waals surface area contributed by atoms with Crippen LogP contribution in [-0.2, 0) is 7.05 Å². The number of aromatic hydroxyl groups is 1.